The molecule has 0 aromatic heterocycles. The van der Waals surface area contributed by atoms with Crippen LogP contribution in [0.1, 0.15) is 330 Å². The number of hydrogen-bond acceptors (Lipinski definition) is 6. The van der Waals surface area contributed by atoms with E-state index in [1.165, 1.54) is 218 Å². The Bertz CT molecular complexity index is 993. The van der Waals surface area contributed by atoms with Crippen LogP contribution in [0.2, 0.25) is 0 Å². The van der Waals surface area contributed by atoms with Gasteiger partial charge in [-0.3, -0.25) is 14.4 Å². The van der Waals surface area contributed by atoms with Crippen LogP contribution in [0.25, 0.3) is 0 Å². The SMILES string of the molecule is CCCCCCCCCCCCCC(=O)O[C@@H](COC(=O)CCCCCCCCCCCCCCCCCCC(C)C)COC(=O)CCCCCCCCCCCCCCCCC(C)C. The molecule has 0 bridgehead atoms. The van der Waals surface area contributed by atoms with E-state index in [9.17, 15) is 14.4 Å². The summed E-state index contributed by atoms with van der Waals surface area (Å²) in [6.45, 7) is 11.4. The summed E-state index contributed by atoms with van der Waals surface area (Å²) in [6.07, 6.45) is 55.2. The lowest BCUT2D eigenvalue weighted by molar-refractivity contribution is -0.167. The highest BCUT2D eigenvalue weighted by molar-refractivity contribution is 5.71. The first-order chi connectivity index (χ1) is 31.7. The lowest BCUT2D eigenvalue weighted by atomic mass is 10.0. The Morgan fingerprint density at radius 1 is 0.292 bits per heavy atom. The van der Waals surface area contributed by atoms with E-state index in [0.29, 0.717) is 19.3 Å². The molecular weight excluding hydrogens is 805 g/mol. The van der Waals surface area contributed by atoms with E-state index < -0.39 is 6.10 Å². The molecule has 0 spiro atoms. The fourth-order valence-corrected chi connectivity index (χ4v) is 9.05. The first kappa shape index (κ1) is 63.4. The second-order valence-electron chi connectivity index (χ2n) is 21.2. The van der Waals surface area contributed by atoms with Gasteiger partial charge in [0.1, 0.15) is 13.2 Å². The Balaban J connectivity index is 4.23. The van der Waals surface area contributed by atoms with Crippen molar-refractivity contribution in [3.8, 4) is 0 Å². The Labute approximate surface area is 406 Å². The second-order valence-corrected chi connectivity index (χ2v) is 21.2. The molecule has 0 aromatic rings. The van der Waals surface area contributed by atoms with E-state index >= 15 is 0 Å². The molecule has 0 N–H and O–H groups in total. The highest BCUT2D eigenvalue weighted by Gasteiger charge is 2.19. The number of carbonyl (C=O) groups is 3. The first-order valence-electron chi connectivity index (χ1n) is 29.2. The van der Waals surface area contributed by atoms with Gasteiger partial charge in [0.25, 0.3) is 0 Å². The predicted octanol–water partition coefficient (Wildman–Crippen LogP) is 19.3. The van der Waals surface area contributed by atoms with E-state index in [2.05, 4.69) is 34.6 Å². The third-order valence-corrected chi connectivity index (χ3v) is 13.5. The Morgan fingerprint density at radius 2 is 0.508 bits per heavy atom. The van der Waals surface area contributed by atoms with Crippen LogP contribution in [0, 0.1) is 11.8 Å². The van der Waals surface area contributed by atoms with Gasteiger partial charge >= 0.3 is 17.9 Å². The Kier molecular flexibility index (Phi) is 50.5. The van der Waals surface area contributed by atoms with E-state index in [1.54, 1.807) is 0 Å². The average molecular weight is 920 g/mol. The number of rotatable bonds is 53. The fraction of sp³-hybridized carbons (Fsp3) is 0.949. The third-order valence-electron chi connectivity index (χ3n) is 13.5. The van der Waals surface area contributed by atoms with E-state index in [4.69, 9.17) is 14.2 Å². The van der Waals surface area contributed by atoms with E-state index in [1.807, 2.05) is 0 Å². The maximum absolute atomic E-state index is 12.8. The molecule has 6 nitrogen and oxygen atoms in total. The van der Waals surface area contributed by atoms with Crippen LogP contribution in [0.15, 0.2) is 0 Å². The van der Waals surface area contributed by atoms with Gasteiger partial charge in [-0.25, -0.2) is 0 Å². The van der Waals surface area contributed by atoms with Crippen LogP contribution in [0.4, 0.5) is 0 Å². The topological polar surface area (TPSA) is 78.9 Å². The largest absolute Gasteiger partial charge is 0.462 e. The van der Waals surface area contributed by atoms with Gasteiger partial charge in [-0.05, 0) is 31.1 Å². The number of carbonyl (C=O) groups excluding carboxylic acids is 3. The maximum atomic E-state index is 12.8. The van der Waals surface area contributed by atoms with E-state index in [-0.39, 0.29) is 31.1 Å². The fourth-order valence-electron chi connectivity index (χ4n) is 9.05. The Morgan fingerprint density at radius 3 is 0.754 bits per heavy atom. The quantitative estimate of drug-likeness (QED) is 0.0344. The van der Waals surface area contributed by atoms with Gasteiger partial charge in [0.05, 0.1) is 0 Å². The van der Waals surface area contributed by atoms with Gasteiger partial charge in [-0.15, -0.1) is 0 Å². The van der Waals surface area contributed by atoms with Crippen LogP contribution in [-0.2, 0) is 28.6 Å². The van der Waals surface area contributed by atoms with E-state index in [0.717, 1.165) is 69.6 Å². The molecule has 1 atom stereocenters. The summed E-state index contributed by atoms with van der Waals surface area (Å²) in [5, 5.41) is 0. The summed E-state index contributed by atoms with van der Waals surface area (Å²) in [7, 11) is 0. The molecule has 65 heavy (non-hydrogen) atoms. The molecule has 0 aliphatic rings. The molecule has 0 fully saturated rings. The van der Waals surface area contributed by atoms with Crippen molar-refractivity contribution in [3.63, 3.8) is 0 Å². The maximum Gasteiger partial charge on any atom is 0.306 e. The lowest BCUT2D eigenvalue weighted by Gasteiger charge is -2.18. The standard InChI is InChI=1S/C59H114O6/c1-6-7-8-9-10-11-22-31-36-41-46-51-59(62)65-56(53-64-58(61)50-45-40-35-30-26-21-17-16-19-24-28-33-38-43-48-55(4)5)52-63-57(60)49-44-39-34-29-25-20-15-13-12-14-18-23-27-32-37-42-47-54(2)3/h54-56H,6-53H2,1-5H3/t56-/m0/s1. The minimum Gasteiger partial charge on any atom is -0.462 e. The van der Waals surface area contributed by atoms with Crippen molar-refractivity contribution in [1.82, 2.24) is 0 Å². The molecule has 0 aromatic carbocycles. The highest BCUT2D eigenvalue weighted by atomic mass is 16.6. The summed E-state index contributed by atoms with van der Waals surface area (Å²) in [5.74, 6) is 0.859. The number of esters is 3. The van der Waals surface area contributed by atoms with Crippen molar-refractivity contribution in [2.45, 2.75) is 336 Å². The predicted molar refractivity (Wildman–Crippen MR) is 280 cm³/mol. The highest BCUT2D eigenvalue weighted by Crippen LogP contribution is 2.18. The van der Waals surface area contributed by atoms with Crippen molar-refractivity contribution < 1.29 is 28.6 Å². The van der Waals surface area contributed by atoms with Gasteiger partial charge in [0.2, 0.25) is 0 Å². The number of ether oxygens (including phenoxy) is 3. The monoisotopic (exact) mass is 919 g/mol. The second kappa shape index (κ2) is 51.8. The summed E-state index contributed by atoms with van der Waals surface area (Å²) in [4.78, 5) is 38.1. The molecule has 0 rings (SSSR count). The molecule has 0 radical (unpaired) electrons. The lowest BCUT2D eigenvalue weighted by Crippen LogP contribution is -2.30. The van der Waals surface area contributed by atoms with Crippen molar-refractivity contribution >= 4 is 17.9 Å². The zero-order valence-corrected chi connectivity index (χ0v) is 44.6. The number of unbranched alkanes of at least 4 members (excludes halogenated alkanes) is 38. The van der Waals surface area contributed by atoms with Crippen molar-refractivity contribution in [3.05, 3.63) is 0 Å². The minimum atomic E-state index is -0.762. The molecule has 0 saturated carbocycles. The van der Waals surface area contributed by atoms with Crippen LogP contribution in [0.3, 0.4) is 0 Å². The van der Waals surface area contributed by atoms with Crippen molar-refractivity contribution in [2.75, 3.05) is 13.2 Å². The minimum absolute atomic E-state index is 0.0625. The Hall–Kier alpha value is -1.59. The van der Waals surface area contributed by atoms with Gasteiger partial charge in [-0.2, -0.15) is 0 Å². The van der Waals surface area contributed by atoms with Gasteiger partial charge in [0, 0.05) is 19.3 Å². The van der Waals surface area contributed by atoms with Gasteiger partial charge < -0.3 is 14.2 Å². The molecule has 0 aliphatic carbocycles. The third kappa shape index (κ3) is 53.2. The molecule has 6 heteroatoms. The summed E-state index contributed by atoms with van der Waals surface area (Å²) >= 11 is 0. The normalized spacial score (nSPS) is 12.0. The summed E-state index contributed by atoms with van der Waals surface area (Å²) in [6, 6.07) is 0. The van der Waals surface area contributed by atoms with Crippen LogP contribution in [0.5, 0.6) is 0 Å². The molecular formula is C59H114O6. The van der Waals surface area contributed by atoms with Crippen molar-refractivity contribution in [1.29, 1.82) is 0 Å². The van der Waals surface area contributed by atoms with Crippen molar-refractivity contribution in [2.24, 2.45) is 11.8 Å². The zero-order chi connectivity index (χ0) is 47.5. The smallest absolute Gasteiger partial charge is 0.306 e. The molecule has 0 aliphatic heterocycles. The zero-order valence-electron chi connectivity index (χ0n) is 44.6. The van der Waals surface area contributed by atoms with Crippen LogP contribution >= 0.6 is 0 Å². The van der Waals surface area contributed by atoms with Crippen LogP contribution < -0.4 is 0 Å². The molecule has 386 valence electrons. The average Bonchev–Trinajstić information content (AvgIpc) is 3.28. The molecule has 0 amide bonds. The molecule has 0 saturated heterocycles. The molecule has 0 unspecified atom stereocenters. The number of hydrogen-bond donors (Lipinski definition) is 0. The summed E-state index contributed by atoms with van der Waals surface area (Å²) in [5.41, 5.74) is 0. The first-order valence-corrected chi connectivity index (χ1v) is 29.2. The summed E-state index contributed by atoms with van der Waals surface area (Å²) < 4.78 is 16.9. The molecule has 0 heterocycles. The van der Waals surface area contributed by atoms with Gasteiger partial charge in [-0.1, -0.05) is 291 Å². The van der Waals surface area contributed by atoms with Crippen LogP contribution in [-0.4, -0.2) is 37.2 Å². The van der Waals surface area contributed by atoms with Gasteiger partial charge in [0.15, 0.2) is 6.10 Å².